The van der Waals surface area contributed by atoms with Crippen LogP contribution in [0.2, 0.25) is 0 Å². The summed E-state index contributed by atoms with van der Waals surface area (Å²) < 4.78 is 7.06. The van der Waals surface area contributed by atoms with E-state index in [1.54, 1.807) is 6.92 Å². The zero-order valence-electron chi connectivity index (χ0n) is 19.5. The van der Waals surface area contributed by atoms with Crippen LogP contribution in [0.3, 0.4) is 0 Å². The maximum atomic E-state index is 12.7. The van der Waals surface area contributed by atoms with Gasteiger partial charge in [0.2, 0.25) is 0 Å². The van der Waals surface area contributed by atoms with E-state index in [1.807, 2.05) is 24.3 Å². The number of hydrogen-bond acceptors (Lipinski definition) is 3. The molecule has 3 saturated carbocycles. The van der Waals surface area contributed by atoms with E-state index >= 15 is 0 Å². The number of benzene rings is 1. The number of rotatable bonds is 3. The monoisotopic (exact) mass is 546 g/mol. The van der Waals surface area contributed by atoms with Crippen molar-refractivity contribution in [3.63, 3.8) is 0 Å². The molecule has 0 amide bonds. The first kappa shape index (κ1) is 22.6. The molecular formula is C28H35IO3. The van der Waals surface area contributed by atoms with Gasteiger partial charge in [0.25, 0.3) is 0 Å². The number of esters is 1. The molecule has 0 saturated heterocycles. The van der Waals surface area contributed by atoms with Gasteiger partial charge >= 0.3 is 5.97 Å². The van der Waals surface area contributed by atoms with Crippen LogP contribution in [0.25, 0.3) is 0 Å². The molecule has 0 unspecified atom stereocenters. The van der Waals surface area contributed by atoms with Gasteiger partial charge in [-0.1, -0.05) is 26.0 Å². The fraction of sp³-hybridized carbons (Fsp3) is 0.643. The largest absolute Gasteiger partial charge is 0.459 e. The van der Waals surface area contributed by atoms with Crippen molar-refractivity contribution < 1.29 is 14.3 Å². The van der Waals surface area contributed by atoms with E-state index < -0.39 is 0 Å². The Hall–Kier alpha value is -1.17. The Balaban J connectivity index is 1.28. The summed E-state index contributed by atoms with van der Waals surface area (Å²) in [6.45, 7) is 6.65. The summed E-state index contributed by atoms with van der Waals surface area (Å²) in [5.74, 6) is 2.85. The number of ether oxygens (including phenoxy) is 1. The summed E-state index contributed by atoms with van der Waals surface area (Å²) >= 11 is 2.24. The second-order valence-corrected chi connectivity index (χ2v) is 12.6. The Morgan fingerprint density at radius 3 is 2.62 bits per heavy atom. The van der Waals surface area contributed by atoms with Crippen molar-refractivity contribution >= 4 is 34.3 Å². The zero-order valence-corrected chi connectivity index (χ0v) is 21.7. The van der Waals surface area contributed by atoms with Crippen LogP contribution in [0.4, 0.5) is 0 Å². The van der Waals surface area contributed by atoms with E-state index in [0.717, 1.165) is 53.1 Å². The number of carbonyl (C=O) groups excluding carboxylic acids is 2. The van der Waals surface area contributed by atoms with Crippen LogP contribution in [0.15, 0.2) is 35.9 Å². The molecule has 0 spiro atoms. The summed E-state index contributed by atoms with van der Waals surface area (Å²) in [6, 6.07) is 7.68. The summed E-state index contributed by atoms with van der Waals surface area (Å²) in [4.78, 5) is 25.0. The molecule has 1 aromatic rings. The molecule has 4 aliphatic rings. The van der Waals surface area contributed by atoms with Crippen LogP contribution < -0.4 is 0 Å². The molecule has 0 heterocycles. The van der Waals surface area contributed by atoms with E-state index in [-0.39, 0.29) is 23.3 Å². The predicted octanol–water partition coefficient (Wildman–Crippen LogP) is 6.98. The maximum Gasteiger partial charge on any atom is 0.338 e. The van der Waals surface area contributed by atoms with E-state index in [1.165, 1.54) is 19.3 Å². The lowest BCUT2D eigenvalue weighted by molar-refractivity contribution is -0.125. The van der Waals surface area contributed by atoms with Gasteiger partial charge in [-0.2, -0.15) is 0 Å². The minimum Gasteiger partial charge on any atom is -0.459 e. The average molecular weight is 546 g/mol. The molecule has 0 N–H and O–H groups in total. The summed E-state index contributed by atoms with van der Waals surface area (Å²) in [7, 11) is 0. The molecule has 4 aliphatic carbocycles. The van der Waals surface area contributed by atoms with Gasteiger partial charge in [0.05, 0.1) is 5.56 Å². The molecule has 5 rings (SSSR count). The van der Waals surface area contributed by atoms with Crippen molar-refractivity contribution in [3.05, 3.63) is 45.0 Å². The van der Waals surface area contributed by atoms with E-state index in [2.05, 4.69) is 42.5 Å². The Labute approximate surface area is 205 Å². The lowest BCUT2D eigenvalue weighted by Crippen LogP contribution is -2.54. The minimum absolute atomic E-state index is 0.0429. The molecule has 0 aromatic heterocycles. The molecule has 1 aromatic carbocycles. The molecule has 3 nitrogen and oxygen atoms in total. The average Bonchev–Trinajstić information content (AvgIpc) is 3.11. The van der Waals surface area contributed by atoms with Crippen LogP contribution in [0.1, 0.15) is 82.5 Å². The summed E-state index contributed by atoms with van der Waals surface area (Å²) in [5.41, 5.74) is 2.21. The summed E-state index contributed by atoms with van der Waals surface area (Å²) in [6.07, 6.45) is 11.4. The first-order chi connectivity index (χ1) is 15.2. The fourth-order valence-electron chi connectivity index (χ4n) is 8.27. The third-order valence-corrected chi connectivity index (χ3v) is 10.6. The molecule has 172 valence electrons. The summed E-state index contributed by atoms with van der Waals surface area (Å²) in [5, 5.41) is 0. The van der Waals surface area contributed by atoms with E-state index in [9.17, 15) is 9.59 Å². The van der Waals surface area contributed by atoms with E-state index in [4.69, 9.17) is 4.74 Å². The Kier molecular flexibility index (Phi) is 5.83. The lowest BCUT2D eigenvalue weighted by atomic mass is 9.44. The standard InChI is InChI=1S/C28H35IO3/c1-17(30)23-9-10-24-22-8-7-19-16-21(32-26(31)18-5-4-6-20(29)15-18)11-13-27(19,2)25(22)12-14-28(23,24)3/h4-6,9,15,19,21-22,24-25H,7-8,10-14,16H2,1-3H3/t19-,21+,22-,24+,25-,27-,28-/m0/s1. The van der Waals surface area contributed by atoms with Crippen LogP contribution in [0.5, 0.6) is 0 Å². The minimum atomic E-state index is -0.173. The SMILES string of the molecule is CC(=O)C1=CC[C@@H]2[C@@H]3CC[C@H]4C[C@H](OC(=O)c5cccc(I)c5)CC[C@]4(C)[C@H]3CC[C@@]12C. The van der Waals surface area contributed by atoms with E-state index in [0.29, 0.717) is 22.8 Å². The van der Waals surface area contributed by atoms with Crippen LogP contribution in [-0.4, -0.2) is 17.9 Å². The molecule has 0 aliphatic heterocycles. The van der Waals surface area contributed by atoms with Gasteiger partial charge in [0, 0.05) is 3.57 Å². The number of allylic oxidation sites excluding steroid dienone is 2. The molecule has 3 fully saturated rings. The third-order valence-electron chi connectivity index (χ3n) is 9.91. The number of halogens is 1. The first-order valence-corrected chi connectivity index (χ1v) is 13.5. The Morgan fingerprint density at radius 2 is 1.88 bits per heavy atom. The maximum absolute atomic E-state index is 12.7. The molecule has 0 bridgehead atoms. The molecule has 7 atom stereocenters. The molecule has 0 radical (unpaired) electrons. The molecular weight excluding hydrogens is 511 g/mol. The van der Waals surface area contributed by atoms with Crippen molar-refractivity contribution in [3.8, 4) is 0 Å². The fourth-order valence-corrected chi connectivity index (χ4v) is 8.82. The van der Waals surface area contributed by atoms with Gasteiger partial charge in [0.15, 0.2) is 5.78 Å². The topological polar surface area (TPSA) is 43.4 Å². The van der Waals surface area contributed by atoms with Crippen molar-refractivity contribution in [2.45, 2.75) is 78.2 Å². The number of ketones is 1. The Bertz CT molecular complexity index is 967. The smallest absolute Gasteiger partial charge is 0.338 e. The quantitative estimate of drug-likeness (QED) is 0.303. The van der Waals surface area contributed by atoms with Gasteiger partial charge < -0.3 is 4.74 Å². The van der Waals surface area contributed by atoms with Crippen molar-refractivity contribution in [2.75, 3.05) is 0 Å². The van der Waals surface area contributed by atoms with Crippen molar-refractivity contribution in [1.29, 1.82) is 0 Å². The Morgan fingerprint density at radius 1 is 1.06 bits per heavy atom. The van der Waals surface area contributed by atoms with Crippen molar-refractivity contribution in [2.24, 2.45) is 34.5 Å². The number of Topliss-reactive ketones (excluding diaryl/α,β-unsaturated/α-hetero) is 1. The number of hydrogen-bond donors (Lipinski definition) is 0. The van der Waals surface area contributed by atoms with Crippen LogP contribution in [-0.2, 0) is 9.53 Å². The highest BCUT2D eigenvalue weighted by atomic mass is 127. The van der Waals surface area contributed by atoms with Crippen LogP contribution >= 0.6 is 22.6 Å². The highest BCUT2D eigenvalue weighted by molar-refractivity contribution is 14.1. The second-order valence-electron chi connectivity index (χ2n) is 11.3. The van der Waals surface area contributed by atoms with Gasteiger partial charge in [0.1, 0.15) is 6.10 Å². The van der Waals surface area contributed by atoms with Gasteiger partial charge in [-0.15, -0.1) is 0 Å². The highest BCUT2D eigenvalue weighted by Crippen LogP contribution is 2.66. The van der Waals surface area contributed by atoms with Gasteiger partial charge in [-0.3, -0.25) is 4.79 Å². The normalized spacial score (nSPS) is 40.5. The number of fused-ring (bicyclic) bond motifs is 5. The highest BCUT2D eigenvalue weighted by Gasteiger charge is 2.59. The third kappa shape index (κ3) is 3.59. The first-order valence-electron chi connectivity index (χ1n) is 12.4. The zero-order chi connectivity index (χ0) is 22.7. The predicted molar refractivity (Wildman–Crippen MR) is 134 cm³/mol. The lowest BCUT2D eigenvalue weighted by Gasteiger charge is -2.60. The van der Waals surface area contributed by atoms with Gasteiger partial charge in [-0.05, 0) is 139 Å². The molecule has 32 heavy (non-hydrogen) atoms. The van der Waals surface area contributed by atoms with Gasteiger partial charge in [-0.25, -0.2) is 4.79 Å². The molecule has 4 heteroatoms. The van der Waals surface area contributed by atoms with Crippen LogP contribution in [0, 0.1) is 38.1 Å². The number of carbonyl (C=O) groups is 2. The van der Waals surface area contributed by atoms with Crippen molar-refractivity contribution in [1.82, 2.24) is 0 Å². The second kappa shape index (κ2) is 8.25.